The van der Waals surface area contributed by atoms with Gasteiger partial charge >= 0.3 is 5.97 Å². The van der Waals surface area contributed by atoms with Gasteiger partial charge in [0.2, 0.25) is 5.76 Å². The Labute approximate surface area is 114 Å². The lowest BCUT2D eigenvalue weighted by atomic mass is 10.3. The van der Waals surface area contributed by atoms with Crippen LogP contribution in [-0.2, 0) is 5.75 Å². The molecule has 0 aliphatic heterocycles. The molecule has 0 unspecified atom stereocenters. The van der Waals surface area contributed by atoms with Crippen molar-refractivity contribution in [3.63, 3.8) is 0 Å². The van der Waals surface area contributed by atoms with Gasteiger partial charge in [-0.3, -0.25) is 0 Å². The molecule has 2 rings (SSSR count). The van der Waals surface area contributed by atoms with Crippen molar-refractivity contribution in [2.24, 2.45) is 0 Å². The summed E-state index contributed by atoms with van der Waals surface area (Å²) in [5.41, 5.74) is 0.886. The van der Waals surface area contributed by atoms with Gasteiger partial charge in [0.15, 0.2) is 0 Å². The molecular formula is C13H11ClO3S. The number of halogens is 1. The first kappa shape index (κ1) is 13.1. The number of furan rings is 1. The molecule has 1 aromatic carbocycles. The van der Waals surface area contributed by atoms with Gasteiger partial charge < -0.3 is 9.52 Å². The van der Waals surface area contributed by atoms with Crippen LogP contribution in [0.5, 0.6) is 0 Å². The van der Waals surface area contributed by atoms with Gasteiger partial charge in [0.25, 0.3) is 0 Å². The van der Waals surface area contributed by atoms with Gasteiger partial charge in [0.1, 0.15) is 5.76 Å². The van der Waals surface area contributed by atoms with Crippen LogP contribution in [-0.4, -0.2) is 11.1 Å². The third-order valence-electron chi connectivity index (χ3n) is 2.42. The molecule has 3 nitrogen and oxygen atoms in total. The van der Waals surface area contributed by atoms with Crippen molar-refractivity contribution >= 4 is 29.3 Å². The summed E-state index contributed by atoms with van der Waals surface area (Å²) in [6.45, 7) is 1.76. The zero-order valence-corrected chi connectivity index (χ0v) is 11.2. The molecule has 0 aliphatic rings. The van der Waals surface area contributed by atoms with Crippen molar-refractivity contribution in [3.05, 3.63) is 52.4 Å². The molecule has 1 heterocycles. The van der Waals surface area contributed by atoms with Gasteiger partial charge in [-0.15, -0.1) is 11.8 Å². The fraction of sp³-hybridized carbons (Fsp3) is 0.154. The first-order valence-electron chi connectivity index (χ1n) is 5.27. The van der Waals surface area contributed by atoms with Crippen LogP contribution >= 0.6 is 23.4 Å². The lowest BCUT2D eigenvalue weighted by molar-refractivity contribution is 0.0661. The molecule has 0 aliphatic carbocycles. The zero-order valence-electron chi connectivity index (χ0n) is 9.64. The molecule has 94 valence electrons. The van der Waals surface area contributed by atoms with E-state index in [1.54, 1.807) is 24.8 Å². The van der Waals surface area contributed by atoms with Gasteiger partial charge in [-0.1, -0.05) is 17.7 Å². The maximum Gasteiger partial charge on any atom is 0.371 e. The van der Waals surface area contributed by atoms with Crippen molar-refractivity contribution in [3.8, 4) is 0 Å². The normalized spacial score (nSPS) is 10.6. The largest absolute Gasteiger partial charge is 0.475 e. The zero-order chi connectivity index (χ0) is 13.1. The highest BCUT2D eigenvalue weighted by Gasteiger charge is 2.13. The quantitative estimate of drug-likeness (QED) is 0.853. The smallest absolute Gasteiger partial charge is 0.371 e. The molecule has 0 atom stereocenters. The van der Waals surface area contributed by atoms with E-state index in [0.717, 1.165) is 10.5 Å². The third-order valence-corrected chi connectivity index (χ3v) is 3.70. The molecule has 18 heavy (non-hydrogen) atoms. The Balaban J connectivity index is 2.08. The molecule has 0 saturated heterocycles. The van der Waals surface area contributed by atoms with E-state index in [0.29, 0.717) is 16.5 Å². The number of hydrogen-bond donors (Lipinski definition) is 1. The second kappa shape index (κ2) is 5.50. The predicted octanol–water partition coefficient (Wildman–Crippen LogP) is 4.23. The second-order valence-corrected chi connectivity index (χ2v) is 5.23. The lowest BCUT2D eigenvalue weighted by Crippen LogP contribution is -1.91. The topological polar surface area (TPSA) is 50.4 Å². The molecule has 0 saturated carbocycles. The number of aryl methyl sites for hydroxylation is 1. The summed E-state index contributed by atoms with van der Waals surface area (Å²) in [6, 6.07) is 9.10. The molecule has 1 aromatic heterocycles. The Morgan fingerprint density at radius 1 is 1.44 bits per heavy atom. The van der Waals surface area contributed by atoms with E-state index in [2.05, 4.69) is 0 Å². The number of aromatic carboxylic acids is 1. The van der Waals surface area contributed by atoms with Crippen molar-refractivity contribution in [2.75, 3.05) is 0 Å². The van der Waals surface area contributed by atoms with Crippen LogP contribution in [0.3, 0.4) is 0 Å². The van der Waals surface area contributed by atoms with Crippen molar-refractivity contribution in [2.45, 2.75) is 17.6 Å². The summed E-state index contributed by atoms with van der Waals surface area (Å²) in [5, 5.41) is 9.52. The van der Waals surface area contributed by atoms with Gasteiger partial charge in [-0.05, 0) is 31.2 Å². The van der Waals surface area contributed by atoms with Crippen LogP contribution in [0.1, 0.15) is 21.9 Å². The highest BCUT2D eigenvalue weighted by Crippen LogP contribution is 2.27. The lowest BCUT2D eigenvalue weighted by Gasteiger charge is -2.00. The van der Waals surface area contributed by atoms with E-state index < -0.39 is 5.97 Å². The van der Waals surface area contributed by atoms with E-state index in [1.807, 2.05) is 24.3 Å². The van der Waals surface area contributed by atoms with Gasteiger partial charge in [-0.2, -0.15) is 0 Å². The summed E-state index contributed by atoms with van der Waals surface area (Å²) in [6.07, 6.45) is 0. The van der Waals surface area contributed by atoms with Gasteiger partial charge in [0.05, 0.1) is 0 Å². The highest BCUT2D eigenvalue weighted by molar-refractivity contribution is 7.98. The summed E-state index contributed by atoms with van der Waals surface area (Å²) in [7, 11) is 0. The van der Waals surface area contributed by atoms with Crippen LogP contribution < -0.4 is 0 Å². The maximum absolute atomic E-state index is 10.8. The molecule has 0 spiro atoms. The summed E-state index contributed by atoms with van der Waals surface area (Å²) >= 11 is 7.48. The summed E-state index contributed by atoms with van der Waals surface area (Å²) in [5.74, 6) is 0.233. The minimum absolute atomic E-state index is 0.0193. The van der Waals surface area contributed by atoms with Crippen LogP contribution in [0.25, 0.3) is 0 Å². The first-order chi connectivity index (χ1) is 8.56. The molecule has 0 amide bonds. The second-order valence-electron chi connectivity index (χ2n) is 3.74. The molecule has 5 heteroatoms. The minimum atomic E-state index is -1.04. The fourth-order valence-corrected chi connectivity index (χ4v) is 2.74. The Hall–Kier alpha value is -1.39. The van der Waals surface area contributed by atoms with Crippen LogP contribution in [0, 0.1) is 6.92 Å². The molecular weight excluding hydrogens is 272 g/mol. The van der Waals surface area contributed by atoms with E-state index in [4.69, 9.17) is 21.1 Å². The molecule has 0 fully saturated rings. The Kier molecular flexibility index (Phi) is 3.99. The average Bonchev–Trinajstić information content (AvgIpc) is 2.68. The highest BCUT2D eigenvalue weighted by atomic mass is 35.5. The van der Waals surface area contributed by atoms with Crippen molar-refractivity contribution in [1.82, 2.24) is 0 Å². The monoisotopic (exact) mass is 282 g/mol. The molecule has 0 radical (unpaired) electrons. The van der Waals surface area contributed by atoms with Crippen LogP contribution in [0.15, 0.2) is 39.6 Å². The van der Waals surface area contributed by atoms with Gasteiger partial charge in [-0.25, -0.2) is 4.79 Å². The number of carboxylic acids is 1. The fourth-order valence-electron chi connectivity index (χ4n) is 1.49. The predicted molar refractivity (Wildman–Crippen MR) is 71.4 cm³/mol. The number of carboxylic acid groups (broad SMARTS) is 1. The summed E-state index contributed by atoms with van der Waals surface area (Å²) < 4.78 is 5.15. The number of carbonyl (C=O) groups is 1. The molecule has 1 N–H and O–H groups in total. The standard InChI is InChI=1S/C13H11ClO3S/c1-8-9(5-12(17-8)13(15)16)7-18-11-4-2-3-10(14)6-11/h2-6H,7H2,1H3,(H,15,16). The SMILES string of the molecule is Cc1oc(C(=O)O)cc1CSc1cccc(Cl)c1. The van der Waals surface area contributed by atoms with E-state index >= 15 is 0 Å². The Morgan fingerprint density at radius 2 is 2.22 bits per heavy atom. The van der Waals surface area contributed by atoms with Crippen LogP contribution in [0.4, 0.5) is 0 Å². The average molecular weight is 283 g/mol. The Morgan fingerprint density at radius 3 is 2.83 bits per heavy atom. The van der Waals surface area contributed by atoms with Gasteiger partial charge in [0, 0.05) is 21.2 Å². The van der Waals surface area contributed by atoms with E-state index in [-0.39, 0.29) is 5.76 Å². The number of thioether (sulfide) groups is 1. The first-order valence-corrected chi connectivity index (χ1v) is 6.63. The maximum atomic E-state index is 10.8. The van der Waals surface area contributed by atoms with E-state index in [9.17, 15) is 4.79 Å². The molecule has 0 bridgehead atoms. The van der Waals surface area contributed by atoms with Crippen molar-refractivity contribution in [1.29, 1.82) is 0 Å². The van der Waals surface area contributed by atoms with Crippen molar-refractivity contribution < 1.29 is 14.3 Å². The minimum Gasteiger partial charge on any atom is -0.475 e. The third kappa shape index (κ3) is 3.09. The number of benzene rings is 1. The van der Waals surface area contributed by atoms with Crippen LogP contribution in [0.2, 0.25) is 5.02 Å². The number of rotatable bonds is 4. The Bertz CT molecular complexity index is 577. The van der Waals surface area contributed by atoms with E-state index in [1.165, 1.54) is 0 Å². The number of hydrogen-bond acceptors (Lipinski definition) is 3. The summed E-state index contributed by atoms with van der Waals surface area (Å²) in [4.78, 5) is 11.8. The molecule has 2 aromatic rings.